The number of hydrogen-bond acceptors (Lipinski definition) is 3. The minimum atomic E-state index is 0.0858. The SMILES string of the molecule is COc1ccc(C(=C(C#N)C#N)c2ccc(-c3ccccc3)cc2)cc1. The zero-order valence-corrected chi connectivity index (χ0v) is 14.3. The second kappa shape index (κ2) is 7.83. The van der Waals surface area contributed by atoms with Gasteiger partial charge in [-0.25, -0.2) is 0 Å². The van der Waals surface area contributed by atoms with E-state index >= 15 is 0 Å². The average Bonchev–Trinajstić information content (AvgIpc) is 2.73. The van der Waals surface area contributed by atoms with Gasteiger partial charge in [-0.05, 0) is 34.4 Å². The van der Waals surface area contributed by atoms with Crippen molar-refractivity contribution in [3.8, 4) is 29.0 Å². The van der Waals surface area contributed by atoms with Crippen molar-refractivity contribution in [3.05, 3.63) is 95.6 Å². The smallest absolute Gasteiger partial charge is 0.138 e. The molecule has 0 fully saturated rings. The predicted molar refractivity (Wildman–Crippen MR) is 102 cm³/mol. The Morgan fingerprint density at radius 2 is 1.19 bits per heavy atom. The van der Waals surface area contributed by atoms with Crippen LogP contribution in [0, 0.1) is 22.7 Å². The summed E-state index contributed by atoms with van der Waals surface area (Å²) < 4.78 is 5.19. The maximum absolute atomic E-state index is 9.40. The van der Waals surface area contributed by atoms with Crippen LogP contribution in [0.4, 0.5) is 0 Å². The zero-order valence-electron chi connectivity index (χ0n) is 14.3. The van der Waals surface area contributed by atoms with Gasteiger partial charge in [-0.2, -0.15) is 10.5 Å². The van der Waals surface area contributed by atoms with Crippen LogP contribution in [0.3, 0.4) is 0 Å². The third kappa shape index (κ3) is 3.48. The van der Waals surface area contributed by atoms with Crippen molar-refractivity contribution in [1.82, 2.24) is 0 Å². The van der Waals surface area contributed by atoms with Crippen molar-refractivity contribution in [2.24, 2.45) is 0 Å². The molecule has 0 atom stereocenters. The van der Waals surface area contributed by atoms with E-state index in [2.05, 4.69) is 0 Å². The molecule has 3 aromatic rings. The first-order valence-electron chi connectivity index (χ1n) is 8.11. The van der Waals surface area contributed by atoms with E-state index in [1.165, 1.54) is 0 Å². The maximum atomic E-state index is 9.40. The monoisotopic (exact) mass is 336 g/mol. The topological polar surface area (TPSA) is 56.8 Å². The summed E-state index contributed by atoms with van der Waals surface area (Å²) in [6, 6.07) is 29.3. The molecule has 0 radical (unpaired) electrons. The molecule has 0 bridgehead atoms. The van der Waals surface area contributed by atoms with Gasteiger partial charge in [-0.15, -0.1) is 0 Å². The van der Waals surface area contributed by atoms with Crippen LogP contribution >= 0.6 is 0 Å². The summed E-state index contributed by atoms with van der Waals surface area (Å²) in [7, 11) is 1.60. The number of rotatable bonds is 4. The van der Waals surface area contributed by atoms with Crippen LogP contribution in [-0.2, 0) is 0 Å². The lowest BCUT2D eigenvalue weighted by Gasteiger charge is -2.11. The van der Waals surface area contributed by atoms with E-state index in [4.69, 9.17) is 4.74 Å². The molecule has 0 aliphatic rings. The molecule has 0 unspecified atom stereocenters. The minimum Gasteiger partial charge on any atom is -0.497 e. The Labute approximate surface area is 153 Å². The van der Waals surface area contributed by atoms with Gasteiger partial charge in [-0.1, -0.05) is 66.7 Å². The predicted octanol–water partition coefficient (Wildman–Crippen LogP) is 5.21. The molecule has 0 aromatic heterocycles. The van der Waals surface area contributed by atoms with E-state index in [1.807, 2.05) is 91.0 Å². The van der Waals surface area contributed by atoms with Crippen LogP contribution < -0.4 is 4.74 Å². The molecule has 0 spiro atoms. The first-order valence-corrected chi connectivity index (χ1v) is 8.11. The van der Waals surface area contributed by atoms with Gasteiger partial charge in [-0.3, -0.25) is 0 Å². The Morgan fingerprint density at radius 3 is 1.69 bits per heavy atom. The number of nitriles is 2. The highest BCUT2D eigenvalue weighted by Gasteiger charge is 2.12. The molecule has 0 amide bonds. The summed E-state index contributed by atoms with van der Waals surface area (Å²) in [6.07, 6.45) is 0. The Hall–Kier alpha value is -3.82. The molecule has 0 aliphatic carbocycles. The van der Waals surface area contributed by atoms with Gasteiger partial charge in [0.05, 0.1) is 7.11 Å². The largest absolute Gasteiger partial charge is 0.497 e. The molecule has 3 aromatic carbocycles. The van der Waals surface area contributed by atoms with E-state index in [9.17, 15) is 10.5 Å². The van der Waals surface area contributed by atoms with Gasteiger partial charge in [0, 0.05) is 5.57 Å². The molecular formula is C23H16N2O. The van der Waals surface area contributed by atoms with Gasteiger partial charge >= 0.3 is 0 Å². The van der Waals surface area contributed by atoms with E-state index in [0.717, 1.165) is 28.0 Å². The second-order valence-corrected chi connectivity index (χ2v) is 5.65. The Morgan fingerprint density at radius 1 is 0.692 bits per heavy atom. The molecule has 0 saturated carbocycles. The first-order chi connectivity index (χ1) is 12.8. The maximum Gasteiger partial charge on any atom is 0.138 e. The molecule has 124 valence electrons. The summed E-state index contributed by atoms with van der Waals surface area (Å²) in [5, 5.41) is 18.8. The van der Waals surface area contributed by atoms with Crippen molar-refractivity contribution in [1.29, 1.82) is 10.5 Å². The van der Waals surface area contributed by atoms with Gasteiger partial charge in [0.25, 0.3) is 0 Å². The van der Waals surface area contributed by atoms with Crippen molar-refractivity contribution < 1.29 is 4.74 Å². The van der Waals surface area contributed by atoms with Gasteiger partial charge < -0.3 is 4.74 Å². The van der Waals surface area contributed by atoms with Gasteiger partial charge in [0.2, 0.25) is 0 Å². The number of allylic oxidation sites excluding steroid dienone is 1. The third-order valence-electron chi connectivity index (χ3n) is 4.13. The molecule has 26 heavy (non-hydrogen) atoms. The standard InChI is InChI=1S/C23H16N2O/c1-26-22-13-11-20(12-14-22)23(21(15-24)16-25)19-9-7-18(8-10-19)17-5-3-2-4-6-17/h2-14H,1H3. The van der Waals surface area contributed by atoms with Gasteiger partial charge in [0.1, 0.15) is 23.5 Å². The summed E-state index contributed by atoms with van der Waals surface area (Å²) in [5.41, 5.74) is 4.54. The molecule has 3 rings (SSSR count). The molecule has 3 heteroatoms. The molecular weight excluding hydrogens is 320 g/mol. The fourth-order valence-corrected chi connectivity index (χ4v) is 2.81. The summed E-state index contributed by atoms with van der Waals surface area (Å²) in [6.45, 7) is 0. The lowest BCUT2D eigenvalue weighted by molar-refractivity contribution is 0.415. The Balaban J connectivity index is 2.07. The highest BCUT2D eigenvalue weighted by molar-refractivity contribution is 5.87. The van der Waals surface area contributed by atoms with E-state index in [0.29, 0.717) is 5.57 Å². The number of nitrogens with zero attached hydrogens (tertiary/aromatic N) is 2. The summed E-state index contributed by atoms with van der Waals surface area (Å²) in [4.78, 5) is 0. The highest BCUT2D eigenvalue weighted by Crippen LogP contribution is 2.30. The van der Waals surface area contributed by atoms with Crippen LogP contribution in [0.25, 0.3) is 16.7 Å². The first kappa shape index (κ1) is 17.0. The average molecular weight is 336 g/mol. The highest BCUT2D eigenvalue weighted by atomic mass is 16.5. The van der Waals surface area contributed by atoms with E-state index < -0.39 is 0 Å². The Kier molecular flexibility index (Phi) is 5.13. The number of hydrogen-bond donors (Lipinski definition) is 0. The molecule has 0 N–H and O–H groups in total. The van der Waals surface area contributed by atoms with Gasteiger partial charge in [0.15, 0.2) is 0 Å². The van der Waals surface area contributed by atoms with Crippen molar-refractivity contribution in [2.45, 2.75) is 0 Å². The number of methoxy groups -OCH3 is 1. The molecule has 3 nitrogen and oxygen atoms in total. The third-order valence-corrected chi connectivity index (χ3v) is 4.13. The van der Waals surface area contributed by atoms with Crippen molar-refractivity contribution >= 4 is 5.57 Å². The minimum absolute atomic E-state index is 0.0858. The van der Waals surface area contributed by atoms with Crippen LogP contribution in [0.2, 0.25) is 0 Å². The van der Waals surface area contributed by atoms with Crippen molar-refractivity contribution in [2.75, 3.05) is 7.11 Å². The van der Waals surface area contributed by atoms with Crippen LogP contribution in [0.15, 0.2) is 84.4 Å². The van der Waals surface area contributed by atoms with E-state index in [1.54, 1.807) is 7.11 Å². The Bertz CT molecular complexity index is 987. The molecule has 0 saturated heterocycles. The number of ether oxygens (including phenoxy) is 1. The fourth-order valence-electron chi connectivity index (χ4n) is 2.81. The second-order valence-electron chi connectivity index (χ2n) is 5.65. The van der Waals surface area contributed by atoms with Crippen LogP contribution in [-0.4, -0.2) is 7.11 Å². The van der Waals surface area contributed by atoms with E-state index in [-0.39, 0.29) is 5.57 Å². The summed E-state index contributed by atoms with van der Waals surface area (Å²) >= 11 is 0. The molecule has 0 aliphatic heterocycles. The fraction of sp³-hybridized carbons (Fsp3) is 0.0435. The van der Waals surface area contributed by atoms with Crippen molar-refractivity contribution in [3.63, 3.8) is 0 Å². The lowest BCUT2D eigenvalue weighted by Crippen LogP contribution is -1.93. The van der Waals surface area contributed by atoms with Crippen LogP contribution in [0.5, 0.6) is 5.75 Å². The molecule has 0 heterocycles. The zero-order chi connectivity index (χ0) is 18.4. The quantitative estimate of drug-likeness (QED) is 0.614. The normalized spacial score (nSPS) is 9.65. The summed E-state index contributed by atoms with van der Waals surface area (Å²) in [5.74, 6) is 0.725. The lowest BCUT2D eigenvalue weighted by atomic mass is 9.92. The number of benzene rings is 3. The van der Waals surface area contributed by atoms with Crippen LogP contribution in [0.1, 0.15) is 11.1 Å².